The normalized spacial score (nSPS) is 13.2. The number of para-hydroxylation sites is 1. The summed E-state index contributed by atoms with van der Waals surface area (Å²) >= 11 is 0. The summed E-state index contributed by atoms with van der Waals surface area (Å²) in [4.78, 5) is 57.8. The molecule has 0 radical (unpaired) electrons. The molecule has 53 heavy (non-hydrogen) atoms. The molecule has 3 amide bonds. The summed E-state index contributed by atoms with van der Waals surface area (Å²) in [7, 11) is 5.29. The molecule has 0 atom stereocenters. The number of methoxy groups -OCH3 is 1. The topological polar surface area (TPSA) is 133 Å². The van der Waals surface area contributed by atoms with E-state index >= 15 is 0 Å². The van der Waals surface area contributed by atoms with Gasteiger partial charge in [0.1, 0.15) is 22.8 Å². The van der Waals surface area contributed by atoms with Gasteiger partial charge in [0.25, 0.3) is 11.8 Å². The molecule has 0 spiro atoms. The Hall–Kier alpha value is -5.75. The minimum absolute atomic E-state index is 0.227. The Kier molecular flexibility index (Phi) is 12.0. The van der Waals surface area contributed by atoms with Crippen molar-refractivity contribution in [3.8, 4) is 11.5 Å². The first-order valence-corrected chi connectivity index (χ1v) is 18.0. The molecular weight excluding hydrogens is 670 g/mol. The molecule has 0 aliphatic carbocycles. The summed E-state index contributed by atoms with van der Waals surface area (Å²) in [5.74, 6) is 1.29. The number of fused-ring (bicyclic) bond motifs is 1. The van der Waals surface area contributed by atoms with Crippen molar-refractivity contribution in [1.82, 2.24) is 24.8 Å². The zero-order valence-corrected chi connectivity index (χ0v) is 30.9. The maximum atomic E-state index is 13.8. The van der Waals surface area contributed by atoms with Crippen LogP contribution in [0.3, 0.4) is 0 Å². The van der Waals surface area contributed by atoms with Gasteiger partial charge in [0, 0.05) is 64.0 Å². The molecule has 0 unspecified atom stereocenters. The van der Waals surface area contributed by atoms with Gasteiger partial charge in [0.05, 0.1) is 36.2 Å². The average molecular weight is 718 g/mol. The van der Waals surface area contributed by atoms with Gasteiger partial charge in [0.2, 0.25) is 5.91 Å². The number of piperazine rings is 1. The van der Waals surface area contributed by atoms with Gasteiger partial charge >= 0.3 is 0 Å². The number of benzene rings is 3. The largest absolute Gasteiger partial charge is 0.495 e. The van der Waals surface area contributed by atoms with Crippen LogP contribution in [-0.2, 0) is 11.2 Å². The van der Waals surface area contributed by atoms with E-state index in [1.807, 2.05) is 48.2 Å². The van der Waals surface area contributed by atoms with Gasteiger partial charge in [-0.2, -0.15) is 0 Å². The molecule has 5 aromatic rings. The van der Waals surface area contributed by atoms with Crippen LogP contribution in [0.25, 0.3) is 11.0 Å². The fourth-order valence-electron chi connectivity index (χ4n) is 6.43. The van der Waals surface area contributed by atoms with Gasteiger partial charge in [-0.3, -0.25) is 19.4 Å². The van der Waals surface area contributed by atoms with Crippen LogP contribution in [-0.4, -0.2) is 96.5 Å². The van der Waals surface area contributed by atoms with E-state index in [-0.39, 0.29) is 17.7 Å². The number of aryl methyl sites for hydroxylation is 1. The number of nitrogens with one attached hydrogen (secondary N) is 2. The summed E-state index contributed by atoms with van der Waals surface area (Å²) in [5.41, 5.74) is 5.17. The third-order valence-corrected chi connectivity index (χ3v) is 9.53. The monoisotopic (exact) mass is 717 g/mol. The summed E-state index contributed by atoms with van der Waals surface area (Å²) in [6.07, 6.45) is 7.11. The zero-order chi connectivity index (χ0) is 37.3. The Labute approximate surface area is 310 Å². The predicted molar refractivity (Wildman–Crippen MR) is 206 cm³/mol. The van der Waals surface area contributed by atoms with Crippen LogP contribution in [0.4, 0.5) is 11.4 Å². The highest BCUT2D eigenvalue weighted by atomic mass is 16.5. The lowest BCUT2D eigenvalue weighted by Crippen LogP contribution is -2.47. The molecule has 1 aliphatic rings. The Bertz CT molecular complexity index is 2060. The minimum Gasteiger partial charge on any atom is -0.495 e. The molecule has 6 rings (SSSR count). The number of imidazole rings is 1. The number of likely N-dealkylation sites (N-methyl/N-ethyl adjacent to an activating group) is 1. The second-order valence-electron chi connectivity index (χ2n) is 13.5. The van der Waals surface area contributed by atoms with Gasteiger partial charge in [0.15, 0.2) is 0 Å². The lowest BCUT2D eigenvalue weighted by Gasteiger charge is -2.32. The number of hydrogen-bond donors (Lipinski definition) is 2. The van der Waals surface area contributed by atoms with Crippen molar-refractivity contribution in [3.63, 3.8) is 0 Å². The van der Waals surface area contributed by atoms with Crippen LogP contribution in [0.2, 0.25) is 0 Å². The zero-order valence-electron chi connectivity index (χ0n) is 30.9. The number of anilines is 2. The third kappa shape index (κ3) is 9.19. The van der Waals surface area contributed by atoms with E-state index in [2.05, 4.69) is 27.2 Å². The highest BCUT2D eigenvalue weighted by Gasteiger charge is 2.22. The van der Waals surface area contributed by atoms with Crippen molar-refractivity contribution in [2.45, 2.75) is 39.0 Å². The molecule has 0 bridgehead atoms. The van der Waals surface area contributed by atoms with Crippen molar-refractivity contribution >= 4 is 40.1 Å². The fourth-order valence-corrected chi connectivity index (χ4v) is 6.43. The average Bonchev–Trinajstić information content (AvgIpc) is 3.59. The van der Waals surface area contributed by atoms with Gasteiger partial charge in [-0.25, -0.2) is 4.98 Å². The number of H-pyrrole nitrogens is 1. The Balaban J connectivity index is 1.07. The first-order chi connectivity index (χ1) is 25.7. The van der Waals surface area contributed by atoms with Crippen LogP contribution in [0.1, 0.15) is 63.4 Å². The van der Waals surface area contributed by atoms with Crippen molar-refractivity contribution < 1.29 is 23.9 Å². The fraction of sp³-hybridized carbons (Fsp3) is 0.341. The maximum Gasteiger partial charge on any atom is 0.258 e. The molecule has 276 valence electrons. The van der Waals surface area contributed by atoms with E-state index in [0.29, 0.717) is 59.0 Å². The van der Waals surface area contributed by atoms with E-state index in [9.17, 15) is 14.4 Å². The van der Waals surface area contributed by atoms with E-state index in [0.717, 1.165) is 67.9 Å². The molecule has 3 heterocycles. The summed E-state index contributed by atoms with van der Waals surface area (Å²) in [6, 6.07) is 20.0. The number of carbonyl (C=O) groups is 3. The first kappa shape index (κ1) is 37.0. The third-order valence-electron chi connectivity index (χ3n) is 9.53. The van der Waals surface area contributed by atoms with Crippen LogP contribution in [0, 0.1) is 6.92 Å². The number of ether oxygens (including phenoxy) is 2. The molecule has 12 heteroatoms. The van der Waals surface area contributed by atoms with E-state index in [1.165, 1.54) is 7.11 Å². The molecule has 2 N–H and O–H groups in total. The molecule has 1 fully saturated rings. The Morgan fingerprint density at radius 3 is 2.55 bits per heavy atom. The molecule has 12 nitrogen and oxygen atoms in total. The van der Waals surface area contributed by atoms with Gasteiger partial charge in [-0.1, -0.05) is 18.2 Å². The second kappa shape index (κ2) is 17.2. The molecule has 3 aromatic carbocycles. The number of aromatic amines is 1. The van der Waals surface area contributed by atoms with Gasteiger partial charge in [-0.05, 0) is 92.9 Å². The van der Waals surface area contributed by atoms with Gasteiger partial charge in [-0.15, -0.1) is 0 Å². The molecule has 1 saturated heterocycles. The number of amides is 3. The van der Waals surface area contributed by atoms with E-state index in [4.69, 9.17) is 14.5 Å². The van der Waals surface area contributed by atoms with Crippen LogP contribution < -0.4 is 19.7 Å². The molecule has 1 aliphatic heterocycles. The summed E-state index contributed by atoms with van der Waals surface area (Å²) in [6.45, 7) is 5.90. The lowest BCUT2D eigenvalue weighted by atomic mass is 10.1. The Morgan fingerprint density at radius 1 is 0.943 bits per heavy atom. The molecule has 0 saturated carbocycles. The number of aromatic nitrogens is 3. The van der Waals surface area contributed by atoms with Crippen molar-refractivity contribution in [2.24, 2.45) is 0 Å². The van der Waals surface area contributed by atoms with Crippen molar-refractivity contribution in [3.05, 3.63) is 107 Å². The van der Waals surface area contributed by atoms with E-state index < -0.39 is 0 Å². The summed E-state index contributed by atoms with van der Waals surface area (Å²) in [5, 5.41) is 2.94. The Morgan fingerprint density at radius 2 is 1.77 bits per heavy atom. The highest BCUT2D eigenvalue weighted by molar-refractivity contribution is 6.12. The van der Waals surface area contributed by atoms with Crippen molar-refractivity contribution in [2.75, 3.05) is 64.2 Å². The first-order valence-electron chi connectivity index (χ1n) is 18.0. The van der Waals surface area contributed by atoms with Crippen LogP contribution >= 0.6 is 0 Å². The van der Waals surface area contributed by atoms with Gasteiger partial charge < -0.3 is 34.5 Å². The quantitative estimate of drug-likeness (QED) is 0.132. The number of nitrogens with zero attached hydrogens (tertiary/aromatic N) is 5. The molecular formula is C41H47N7O5. The summed E-state index contributed by atoms with van der Waals surface area (Å²) < 4.78 is 11.8. The number of rotatable bonds is 14. The number of hydrogen-bond acceptors (Lipinski definition) is 8. The smallest absolute Gasteiger partial charge is 0.258 e. The lowest BCUT2D eigenvalue weighted by molar-refractivity contribution is -0.132. The van der Waals surface area contributed by atoms with E-state index in [1.54, 1.807) is 54.7 Å². The van der Waals surface area contributed by atoms with Crippen LogP contribution in [0.15, 0.2) is 79.1 Å². The maximum absolute atomic E-state index is 13.8. The highest BCUT2D eigenvalue weighted by Crippen LogP contribution is 2.32. The standard InChI is InChI=1S/C41H47N7O5/c1-28-14-17-34(36(24-28)53-23-7-5-6-13-38(49)48-21-19-46(2)20-22-48)47(3)41(51)30-15-16-32(35(26-30)52-4)44-40(50)31-11-8-12-33-39(31)45-37(43-33)25-29-10-9-18-42-27-29/h8-12,14-18,24,26-27H,5-7,13,19-23,25H2,1-4H3,(H,43,45)(H,44,50). The van der Waals surface area contributed by atoms with Crippen molar-refractivity contribution in [1.29, 1.82) is 0 Å². The number of carbonyl (C=O) groups excluding carboxylic acids is 3. The predicted octanol–water partition coefficient (Wildman–Crippen LogP) is 6.11. The number of unbranched alkanes of at least 4 members (excludes halogenated alkanes) is 2. The minimum atomic E-state index is -0.354. The molecule has 2 aromatic heterocycles. The number of pyridine rings is 1. The second-order valence-corrected chi connectivity index (χ2v) is 13.5. The SMILES string of the molecule is COc1cc(C(=O)N(C)c2ccc(C)cc2OCCCCCC(=O)N2CCN(C)CC2)ccc1NC(=O)c1cccc2[nH]c(Cc3cccnc3)nc12. The van der Waals surface area contributed by atoms with Crippen LogP contribution in [0.5, 0.6) is 11.5 Å².